The van der Waals surface area contributed by atoms with Gasteiger partial charge in [-0.3, -0.25) is 9.78 Å². The molecular weight excluding hydrogens is 739 g/mol. The summed E-state index contributed by atoms with van der Waals surface area (Å²) in [5.74, 6) is 0.410. The number of nitrogens with zero attached hydrogens (tertiary/aromatic N) is 1. The third kappa shape index (κ3) is 6.68. The van der Waals surface area contributed by atoms with E-state index in [1.165, 1.54) is 0 Å². The Balaban J connectivity index is 0.00000152. The van der Waals surface area contributed by atoms with Gasteiger partial charge in [-0.15, -0.1) is 12.1 Å². The molecule has 2 radical (unpaired) electrons. The van der Waals surface area contributed by atoms with Crippen molar-refractivity contribution >= 4 is 35.5 Å². The van der Waals surface area contributed by atoms with E-state index >= 15 is 0 Å². The molecule has 1 unspecified atom stereocenters. The molecule has 0 bridgehead atoms. The number of anilines is 1. The van der Waals surface area contributed by atoms with Crippen molar-refractivity contribution in [2.24, 2.45) is 5.92 Å². The molecule has 168 valence electrons. The normalized spacial score (nSPS) is 10.7. The molecule has 0 saturated carbocycles. The number of hydrogen-bond donors (Lipinski definition) is 3. The zero-order chi connectivity index (χ0) is 22.3. The van der Waals surface area contributed by atoms with Crippen LogP contribution in [0.15, 0.2) is 47.3 Å². The van der Waals surface area contributed by atoms with Gasteiger partial charge in [0.05, 0.1) is 19.1 Å². The number of benzene rings is 2. The van der Waals surface area contributed by atoms with E-state index in [0.29, 0.717) is 17.1 Å². The second kappa shape index (κ2) is 14.5. The maximum Gasteiger partial charge on any atom is 0.261 e. The van der Waals surface area contributed by atoms with E-state index in [-0.39, 0.29) is 59.5 Å². The minimum atomic E-state index is -0.295. The second-order valence-corrected chi connectivity index (χ2v) is 6.69. The first-order chi connectivity index (χ1) is 14.5. The fraction of sp³-hybridized carbons (Fsp3) is 0.333. The van der Waals surface area contributed by atoms with Crippen molar-refractivity contribution in [3.8, 4) is 11.4 Å². The first-order valence-corrected chi connectivity index (χ1v) is 10.6. The number of aromatic amines is 2. The Morgan fingerprint density at radius 3 is 2.28 bits per heavy atom. The van der Waals surface area contributed by atoms with Gasteiger partial charge in [-0.25, -0.2) is 0 Å². The van der Waals surface area contributed by atoms with Gasteiger partial charge in [0.15, 0.2) is 0 Å². The molecule has 0 aliphatic rings. The van der Waals surface area contributed by atoms with Crippen LogP contribution in [-0.2, 0) is 42.1 Å². The van der Waals surface area contributed by atoms with Crippen LogP contribution in [0.1, 0.15) is 41.5 Å². The van der Waals surface area contributed by atoms with E-state index in [1.807, 2.05) is 77.9 Å². The zero-order valence-corrected chi connectivity index (χ0v) is 25.3. The van der Waals surface area contributed by atoms with Crippen LogP contribution in [0.2, 0.25) is 0 Å². The van der Waals surface area contributed by atoms with Gasteiger partial charge >= 0.3 is 0 Å². The van der Waals surface area contributed by atoms with Crippen molar-refractivity contribution < 1.29 is 42.1 Å². The molecule has 4 aromatic rings. The van der Waals surface area contributed by atoms with E-state index in [4.69, 9.17) is 7.85 Å². The summed E-state index contributed by atoms with van der Waals surface area (Å²) in [4.78, 5) is 23.6. The van der Waals surface area contributed by atoms with Gasteiger partial charge in [0, 0.05) is 47.5 Å². The third-order valence-electron chi connectivity index (χ3n) is 4.52. The first kappa shape index (κ1) is 30.4. The Bertz CT molecular complexity index is 1120. The standard InChI is InChI=1S/C20H18BN4O.2C2H6.2W/c1-11(2)18(21)25-17-12-7-3-4-8-13(12)24-20(26)16(17)19-22-14-9-5-6-10-15(14)23-19;2*1-2;;/h3-5,7-11,18H,1-2H3,(H,22,23)(H2,24,25,26);2*1-2H3;;/q-1;;;;. The Kier molecular flexibility index (Phi) is 13.8. The van der Waals surface area contributed by atoms with Crippen LogP contribution in [0.25, 0.3) is 33.3 Å². The van der Waals surface area contributed by atoms with Crippen LogP contribution in [0.4, 0.5) is 5.69 Å². The molecule has 0 spiro atoms. The summed E-state index contributed by atoms with van der Waals surface area (Å²) < 4.78 is 0. The molecule has 0 saturated heterocycles. The van der Waals surface area contributed by atoms with Crippen LogP contribution in [0.3, 0.4) is 0 Å². The van der Waals surface area contributed by atoms with E-state index in [0.717, 1.165) is 21.9 Å². The number of para-hydroxylation sites is 1. The first-order valence-electron chi connectivity index (χ1n) is 10.6. The van der Waals surface area contributed by atoms with Gasteiger partial charge in [0.2, 0.25) is 0 Å². The maximum absolute atomic E-state index is 12.9. The molecule has 1 atom stereocenters. The largest absolute Gasteiger partial charge is 0.390 e. The Morgan fingerprint density at radius 2 is 1.66 bits per heavy atom. The molecule has 4 rings (SSSR count). The Morgan fingerprint density at radius 1 is 1.00 bits per heavy atom. The van der Waals surface area contributed by atoms with E-state index in [2.05, 4.69) is 26.3 Å². The van der Waals surface area contributed by atoms with Crippen LogP contribution < -0.4 is 10.9 Å². The van der Waals surface area contributed by atoms with Crippen molar-refractivity contribution in [1.29, 1.82) is 0 Å². The summed E-state index contributed by atoms with van der Waals surface area (Å²) in [6.07, 6.45) is 0. The predicted molar refractivity (Wildman–Crippen MR) is 129 cm³/mol. The van der Waals surface area contributed by atoms with Crippen molar-refractivity contribution in [1.82, 2.24) is 15.0 Å². The minimum absolute atomic E-state index is 0. The van der Waals surface area contributed by atoms with Crippen molar-refractivity contribution in [2.75, 3.05) is 5.32 Å². The molecule has 2 heterocycles. The van der Waals surface area contributed by atoms with E-state index < -0.39 is 0 Å². The summed E-state index contributed by atoms with van der Waals surface area (Å²) in [7, 11) is 6.25. The van der Waals surface area contributed by atoms with E-state index in [9.17, 15) is 4.79 Å². The number of pyridine rings is 1. The smallest absolute Gasteiger partial charge is 0.261 e. The SMILES string of the molecule is CC.CC.[B]C(Nc1c(-c2nc3c[c-]ccc3[nH]2)c(=O)[nH]c2ccccc12)C(C)C.[W].[W]. The maximum atomic E-state index is 12.9. The summed E-state index contributed by atoms with van der Waals surface area (Å²) in [6.45, 7) is 12.1. The van der Waals surface area contributed by atoms with Gasteiger partial charge in [-0.05, 0) is 29.0 Å². The molecule has 8 heteroatoms. The molecular formula is C24H30BN4OW2-. The van der Waals surface area contributed by atoms with Crippen LogP contribution in [-0.4, -0.2) is 28.7 Å². The van der Waals surface area contributed by atoms with Crippen molar-refractivity contribution in [3.05, 3.63) is 58.9 Å². The number of rotatable bonds is 4. The van der Waals surface area contributed by atoms with E-state index in [1.54, 1.807) is 6.07 Å². The predicted octanol–water partition coefficient (Wildman–Crippen LogP) is 5.48. The number of aromatic nitrogens is 3. The zero-order valence-electron chi connectivity index (χ0n) is 19.4. The third-order valence-corrected chi connectivity index (χ3v) is 4.52. The van der Waals surface area contributed by atoms with Gasteiger partial charge < -0.3 is 15.3 Å². The average molecular weight is 769 g/mol. The number of hydrogen-bond acceptors (Lipinski definition) is 3. The molecule has 2 aromatic carbocycles. The summed E-state index contributed by atoms with van der Waals surface area (Å²) >= 11 is 0. The number of nitrogens with one attached hydrogen (secondary N) is 3. The van der Waals surface area contributed by atoms with Crippen LogP contribution in [0.5, 0.6) is 0 Å². The van der Waals surface area contributed by atoms with Gasteiger partial charge in [-0.1, -0.05) is 59.7 Å². The van der Waals surface area contributed by atoms with Crippen molar-refractivity contribution in [3.63, 3.8) is 0 Å². The molecule has 0 amide bonds. The fourth-order valence-electron chi connectivity index (χ4n) is 2.97. The molecule has 0 aliphatic heterocycles. The fourth-order valence-corrected chi connectivity index (χ4v) is 2.97. The molecule has 2 aromatic heterocycles. The number of H-pyrrole nitrogens is 2. The quantitative estimate of drug-likeness (QED) is 0.190. The van der Waals surface area contributed by atoms with Crippen LogP contribution in [0, 0.1) is 12.0 Å². The minimum Gasteiger partial charge on any atom is -0.390 e. The molecule has 0 fully saturated rings. The topological polar surface area (TPSA) is 73.6 Å². The average Bonchev–Trinajstić information content (AvgIpc) is 3.20. The van der Waals surface area contributed by atoms with Gasteiger partial charge in [-0.2, -0.15) is 12.1 Å². The summed E-state index contributed by atoms with van der Waals surface area (Å²) in [5, 5.41) is 4.22. The molecule has 3 N–H and O–H groups in total. The molecule has 5 nitrogen and oxygen atoms in total. The summed E-state index contributed by atoms with van der Waals surface area (Å²) in [6, 6.07) is 16.1. The monoisotopic (exact) mass is 769 g/mol. The van der Waals surface area contributed by atoms with Gasteiger partial charge in [0.25, 0.3) is 5.56 Å². The summed E-state index contributed by atoms with van der Waals surface area (Å²) in [5.41, 5.74) is 3.29. The number of fused-ring (bicyclic) bond motifs is 2. The van der Waals surface area contributed by atoms with Crippen LogP contribution >= 0.6 is 0 Å². The Hall–Kier alpha value is -1.64. The second-order valence-electron chi connectivity index (χ2n) is 6.69. The molecule has 32 heavy (non-hydrogen) atoms. The molecule has 0 aliphatic carbocycles. The van der Waals surface area contributed by atoms with Crippen molar-refractivity contribution in [2.45, 2.75) is 47.5 Å². The number of imidazole rings is 1. The Labute approximate surface area is 220 Å². The van der Waals surface area contributed by atoms with Gasteiger partial charge in [0.1, 0.15) is 11.4 Å².